The van der Waals surface area contributed by atoms with Crippen molar-refractivity contribution in [2.24, 2.45) is 5.92 Å². The number of nitrogens with two attached hydrogens (primary N) is 1. The average molecular weight is 211 g/mol. The van der Waals surface area contributed by atoms with Crippen molar-refractivity contribution in [1.82, 2.24) is 9.55 Å². The predicted octanol–water partition coefficient (Wildman–Crippen LogP) is -0.301. The molecule has 3 unspecified atom stereocenters. The second-order valence-corrected chi connectivity index (χ2v) is 3.74. The van der Waals surface area contributed by atoms with E-state index in [2.05, 4.69) is 4.98 Å². The summed E-state index contributed by atoms with van der Waals surface area (Å²) in [4.78, 5) is 15.1. The fraction of sp³-hybridized carbons (Fsp3) is 0.556. The number of ether oxygens (including phenoxy) is 1. The van der Waals surface area contributed by atoms with Crippen molar-refractivity contribution < 1.29 is 9.84 Å². The molecule has 1 aliphatic rings. The molecule has 2 rings (SSSR count). The van der Waals surface area contributed by atoms with E-state index in [-0.39, 0.29) is 11.7 Å². The predicted molar refractivity (Wildman–Crippen MR) is 52.8 cm³/mol. The van der Waals surface area contributed by atoms with Crippen LogP contribution in [-0.2, 0) is 4.74 Å². The van der Waals surface area contributed by atoms with Crippen LogP contribution in [0.25, 0.3) is 0 Å². The molecule has 0 aromatic carbocycles. The molecule has 1 aliphatic heterocycles. The molecule has 1 saturated heterocycles. The van der Waals surface area contributed by atoms with E-state index >= 15 is 0 Å². The van der Waals surface area contributed by atoms with Crippen molar-refractivity contribution in [3.05, 3.63) is 22.7 Å². The quantitative estimate of drug-likeness (QED) is 0.665. The SMILES string of the molecule is CC1CC(O)OC1n1ccc(N)nc1=O. The number of hydrogen-bond donors (Lipinski definition) is 2. The van der Waals surface area contributed by atoms with Crippen LogP contribution in [0.1, 0.15) is 19.6 Å². The lowest BCUT2D eigenvalue weighted by atomic mass is 10.1. The summed E-state index contributed by atoms with van der Waals surface area (Å²) in [5.41, 5.74) is 4.92. The number of nitrogen functional groups attached to an aromatic ring is 1. The van der Waals surface area contributed by atoms with Crippen molar-refractivity contribution in [1.29, 1.82) is 0 Å². The van der Waals surface area contributed by atoms with Crippen LogP contribution in [0.2, 0.25) is 0 Å². The standard InChI is InChI=1S/C9H13N3O3/c1-5-4-7(13)15-8(5)12-3-2-6(10)11-9(12)14/h2-3,5,7-8,13H,4H2,1H3,(H2,10,11,14). The van der Waals surface area contributed by atoms with Gasteiger partial charge in [0.05, 0.1) is 0 Å². The number of rotatable bonds is 1. The van der Waals surface area contributed by atoms with Gasteiger partial charge in [-0.2, -0.15) is 4.98 Å². The molecule has 6 nitrogen and oxygen atoms in total. The van der Waals surface area contributed by atoms with Gasteiger partial charge in [0.25, 0.3) is 0 Å². The Morgan fingerprint density at radius 2 is 2.47 bits per heavy atom. The first-order valence-electron chi connectivity index (χ1n) is 4.76. The molecule has 1 fully saturated rings. The van der Waals surface area contributed by atoms with E-state index < -0.39 is 18.2 Å². The van der Waals surface area contributed by atoms with Crippen molar-refractivity contribution >= 4 is 5.82 Å². The van der Waals surface area contributed by atoms with E-state index in [0.717, 1.165) is 0 Å². The molecule has 82 valence electrons. The van der Waals surface area contributed by atoms with Gasteiger partial charge in [0.2, 0.25) is 0 Å². The van der Waals surface area contributed by atoms with Gasteiger partial charge < -0.3 is 15.6 Å². The first kappa shape index (κ1) is 10.1. The van der Waals surface area contributed by atoms with Crippen LogP contribution in [0.5, 0.6) is 0 Å². The normalized spacial score (nSPS) is 30.7. The highest BCUT2D eigenvalue weighted by molar-refractivity contribution is 5.23. The molecule has 0 amide bonds. The highest BCUT2D eigenvalue weighted by Crippen LogP contribution is 2.31. The maximum absolute atomic E-state index is 11.5. The number of aromatic nitrogens is 2. The fourth-order valence-electron chi connectivity index (χ4n) is 1.74. The van der Waals surface area contributed by atoms with E-state index in [0.29, 0.717) is 6.42 Å². The van der Waals surface area contributed by atoms with Crippen molar-refractivity contribution in [3.8, 4) is 0 Å². The second-order valence-electron chi connectivity index (χ2n) is 3.74. The molecule has 3 atom stereocenters. The van der Waals surface area contributed by atoms with Crippen molar-refractivity contribution in [3.63, 3.8) is 0 Å². The van der Waals surface area contributed by atoms with Gasteiger partial charge in [-0.05, 0) is 6.07 Å². The molecule has 15 heavy (non-hydrogen) atoms. The second kappa shape index (κ2) is 3.63. The summed E-state index contributed by atoms with van der Waals surface area (Å²) in [7, 11) is 0. The van der Waals surface area contributed by atoms with Crippen LogP contribution in [0, 0.1) is 5.92 Å². The zero-order valence-corrected chi connectivity index (χ0v) is 8.33. The molecule has 1 aromatic rings. The summed E-state index contributed by atoms with van der Waals surface area (Å²) in [6.45, 7) is 1.91. The molecule has 0 spiro atoms. The third kappa shape index (κ3) is 1.86. The van der Waals surface area contributed by atoms with E-state index in [1.807, 2.05) is 6.92 Å². The Morgan fingerprint density at radius 3 is 3.00 bits per heavy atom. The summed E-state index contributed by atoms with van der Waals surface area (Å²) >= 11 is 0. The largest absolute Gasteiger partial charge is 0.383 e. The summed E-state index contributed by atoms with van der Waals surface area (Å²) in [6.07, 6.45) is 0.779. The smallest absolute Gasteiger partial charge is 0.351 e. The first-order valence-corrected chi connectivity index (χ1v) is 4.76. The molecular weight excluding hydrogens is 198 g/mol. The Bertz CT molecular complexity index is 417. The summed E-state index contributed by atoms with van der Waals surface area (Å²) in [6, 6.07) is 1.53. The van der Waals surface area contributed by atoms with Gasteiger partial charge in [-0.3, -0.25) is 4.57 Å². The molecule has 2 heterocycles. The number of hydrogen-bond acceptors (Lipinski definition) is 5. The van der Waals surface area contributed by atoms with Gasteiger partial charge in [-0.25, -0.2) is 4.79 Å². The highest BCUT2D eigenvalue weighted by Gasteiger charge is 2.32. The topological polar surface area (TPSA) is 90.4 Å². The highest BCUT2D eigenvalue weighted by atomic mass is 16.6. The lowest BCUT2D eigenvalue weighted by Gasteiger charge is -2.16. The Kier molecular flexibility index (Phi) is 2.45. The van der Waals surface area contributed by atoms with Gasteiger partial charge >= 0.3 is 5.69 Å². The number of nitrogens with zero attached hydrogens (tertiary/aromatic N) is 2. The molecule has 0 radical (unpaired) electrons. The maximum atomic E-state index is 11.5. The Balaban J connectivity index is 2.34. The van der Waals surface area contributed by atoms with Gasteiger partial charge in [0.1, 0.15) is 12.0 Å². The summed E-state index contributed by atoms with van der Waals surface area (Å²) in [5, 5.41) is 9.29. The van der Waals surface area contributed by atoms with Crippen molar-refractivity contribution in [2.75, 3.05) is 5.73 Å². The molecule has 0 saturated carbocycles. The monoisotopic (exact) mass is 211 g/mol. The Morgan fingerprint density at radius 1 is 1.73 bits per heavy atom. The number of aliphatic hydroxyl groups excluding tert-OH is 1. The third-order valence-electron chi connectivity index (χ3n) is 2.48. The average Bonchev–Trinajstić information content (AvgIpc) is 2.45. The minimum absolute atomic E-state index is 0.0723. The van der Waals surface area contributed by atoms with Crippen LogP contribution < -0.4 is 11.4 Å². The molecular formula is C9H13N3O3. The zero-order chi connectivity index (χ0) is 11.0. The summed E-state index contributed by atoms with van der Waals surface area (Å²) in [5.74, 6) is 0.255. The van der Waals surface area contributed by atoms with Crippen LogP contribution >= 0.6 is 0 Å². The van der Waals surface area contributed by atoms with Crippen LogP contribution in [0.15, 0.2) is 17.1 Å². The Hall–Kier alpha value is -1.40. The van der Waals surface area contributed by atoms with E-state index in [9.17, 15) is 9.90 Å². The Labute approximate surface area is 86.3 Å². The fourth-order valence-corrected chi connectivity index (χ4v) is 1.74. The molecule has 0 aliphatic carbocycles. The number of aliphatic hydroxyl groups is 1. The van der Waals surface area contributed by atoms with Gasteiger partial charge in [-0.15, -0.1) is 0 Å². The van der Waals surface area contributed by atoms with Gasteiger partial charge in [0.15, 0.2) is 6.29 Å². The third-order valence-corrected chi connectivity index (χ3v) is 2.48. The lowest BCUT2D eigenvalue weighted by Crippen LogP contribution is -2.29. The van der Waals surface area contributed by atoms with Gasteiger partial charge in [-0.1, -0.05) is 6.92 Å². The molecule has 1 aromatic heterocycles. The van der Waals surface area contributed by atoms with Crippen LogP contribution in [-0.4, -0.2) is 20.9 Å². The minimum atomic E-state index is -0.811. The van der Waals surface area contributed by atoms with Crippen molar-refractivity contribution in [2.45, 2.75) is 25.9 Å². The zero-order valence-electron chi connectivity index (χ0n) is 8.33. The van der Waals surface area contributed by atoms with E-state index in [4.69, 9.17) is 10.5 Å². The van der Waals surface area contributed by atoms with E-state index in [1.54, 1.807) is 0 Å². The summed E-state index contributed by atoms with van der Waals surface area (Å²) < 4.78 is 6.56. The lowest BCUT2D eigenvalue weighted by molar-refractivity contribution is -0.117. The molecule has 3 N–H and O–H groups in total. The van der Waals surface area contributed by atoms with Crippen LogP contribution in [0.4, 0.5) is 5.82 Å². The molecule has 0 bridgehead atoms. The van der Waals surface area contributed by atoms with Crippen LogP contribution in [0.3, 0.4) is 0 Å². The number of anilines is 1. The van der Waals surface area contributed by atoms with Gasteiger partial charge in [0, 0.05) is 18.5 Å². The minimum Gasteiger partial charge on any atom is -0.383 e. The molecule has 6 heteroatoms. The maximum Gasteiger partial charge on any atom is 0.351 e. The van der Waals surface area contributed by atoms with E-state index in [1.165, 1.54) is 16.8 Å². The first-order chi connectivity index (χ1) is 7.08.